The van der Waals surface area contributed by atoms with Gasteiger partial charge < -0.3 is 39.6 Å². The van der Waals surface area contributed by atoms with Crippen molar-refractivity contribution in [2.45, 2.75) is 182 Å². The van der Waals surface area contributed by atoms with E-state index in [2.05, 4.69) is 27.7 Å². The largest absolute Gasteiger partial charge is 4.00 e. The predicted molar refractivity (Wildman–Crippen MR) is 154 cm³/mol. The number of carbonyl (C=O) groups is 4. The SMILES string of the molecule is CCCCCCCC(=O)[O-].CCCCCCCC(=O)[O-].CCCCCCCC(=O)[O-].CCCCCCCC(=O)[O-].[Mo+4]. The summed E-state index contributed by atoms with van der Waals surface area (Å²) in [5.41, 5.74) is 0. The van der Waals surface area contributed by atoms with Crippen molar-refractivity contribution in [3.05, 3.63) is 0 Å². The molecule has 0 aromatic heterocycles. The van der Waals surface area contributed by atoms with E-state index >= 15 is 0 Å². The van der Waals surface area contributed by atoms with E-state index in [4.69, 9.17) is 0 Å². The summed E-state index contributed by atoms with van der Waals surface area (Å²) in [6.45, 7) is 8.55. The third-order valence-electron chi connectivity index (χ3n) is 5.94. The van der Waals surface area contributed by atoms with E-state index < -0.39 is 23.9 Å². The standard InChI is InChI=1S/4C8H16O2.Mo/c4*1-2-3-4-5-6-7-8(9)10;/h4*2-7H2,1H3,(H,9,10);/q;;;;+4/p-4. The number of carbonyl (C=O) groups excluding carboxylic acids is 4. The maximum absolute atomic E-state index is 9.92. The Kier molecular flexibility index (Phi) is 54.7. The van der Waals surface area contributed by atoms with Gasteiger partial charge in [-0.25, -0.2) is 0 Å². The van der Waals surface area contributed by atoms with Gasteiger partial charge in [0.25, 0.3) is 0 Å². The first-order chi connectivity index (χ1) is 19.1. The number of hydrogen-bond donors (Lipinski definition) is 0. The monoisotopic (exact) mass is 670 g/mol. The van der Waals surface area contributed by atoms with Gasteiger partial charge in [-0.05, 0) is 51.4 Å². The summed E-state index contributed by atoms with van der Waals surface area (Å²) in [5, 5.41) is 39.7. The van der Waals surface area contributed by atoms with Crippen LogP contribution in [0.1, 0.15) is 182 Å². The van der Waals surface area contributed by atoms with E-state index in [9.17, 15) is 39.6 Å². The molecule has 0 fully saturated rings. The molecular formula is C32H60MoO8. The molecule has 41 heavy (non-hydrogen) atoms. The number of carboxylic acid groups (broad SMARTS) is 4. The van der Waals surface area contributed by atoms with Crippen molar-refractivity contribution in [2.24, 2.45) is 0 Å². The van der Waals surface area contributed by atoms with Crippen LogP contribution >= 0.6 is 0 Å². The van der Waals surface area contributed by atoms with E-state index in [0.717, 1.165) is 77.0 Å². The molecule has 0 heterocycles. The molecule has 0 saturated carbocycles. The average Bonchev–Trinajstić information content (AvgIpc) is 2.89. The molecule has 0 aliphatic heterocycles. The maximum Gasteiger partial charge on any atom is 4.00 e. The van der Waals surface area contributed by atoms with Crippen LogP contribution in [-0.4, -0.2) is 23.9 Å². The minimum Gasteiger partial charge on any atom is -0.550 e. The van der Waals surface area contributed by atoms with Gasteiger partial charge in [-0.1, -0.05) is 130 Å². The third kappa shape index (κ3) is 73.1. The number of carboxylic acids is 4. The Bertz CT molecular complexity index is 460. The van der Waals surface area contributed by atoms with Gasteiger partial charge in [-0.15, -0.1) is 0 Å². The van der Waals surface area contributed by atoms with Crippen LogP contribution in [0.25, 0.3) is 0 Å². The molecule has 8 nitrogen and oxygen atoms in total. The normalized spacial score (nSPS) is 9.46. The summed E-state index contributed by atoms with van der Waals surface area (Å²) in [6.07, 6.45) is 22.4. The van der Waals surface area contributed by atoms with Crippen molar-refractivity contribution in [1.82, 2.24) is 0 Å². The van der Waals surface area contributed by atoms with E-state index in [1.54, 1.807) is 0 Å². The van der Waals surface area contributed by atoms with Crippen molar-refractivity contribution in [1.29, 1.82) is 0 Å². The second-order valence-electron chi connectivity index (χ2n) is 10.1. The molecule has 0 radical (unpaired) electrons. The summed E-state index contributed by atoms with van der Waals surface area (Å²) in [5.74, 6) is -3.68. The topological polar surface area (TPSA) is 161 Å². The zero-order valence-electron chi connectivity index (χ0n) is 26.6. The second-order valence-corrected chi connectivity index (χ2v) is 10.1. The molecule has 0 atom stereocenters. The molecule has 0 amide bonds. The molecule has 0 N–H and O–H groups in total. The van der Waals surface area contributed by atoms with E-state index in [0.29, 0.717) is 0 Å². The van der Waals surface area contributed by atoms with Crippen molar-refractivity contribution in [2.75, 3.05) is 0 Å². The molecule has 0 aromatic carbocycles. The quantitative estimate of drug-likeness (QED) is 0.108. The first-order valence-electron chi connectivity index (χ1n) is 15.9. The van der Waals surface area contributed by atoms with Gasteiger partial charge in [0.15, 0.2) is 0 Å². The predicted octanol–water partition coefficient (Wildman–Crippen LogP) is 4.38. The molecule has 0 aromatic rings. The fourth-order valence-electron chi connectivity index (χ4n) is 3.49. The Morgan fingerprint density at radius 1 is 0.317 bits per heavy atom. The second kappa shape index (κ2) is 45.6. The van der Waals surface area contributed by atoms with Gasteiger partial charge in [0.05, 0.1) is 0 Å². The van der Waals surface area contributed by atoms with Gasteiger partial charge in [-0.3, -0.25) is 0 Å². The molecule has 0 rings (SSSR count). The van der Waals surface area contributed by atoms with Gasteiger partial charge in [0.1, 0.15) is 0 Å². The first kappa shape index (κ1) is 49.3. The summed E-state index contributed by atoms with van der Waals surface area (Å²) in [4.78, 5) is 39.7. The average molecular weight is 669 g/mol. The Labute approximate surface area is 265 Å². The van der Waals surface area contributed by atoms with Crippen molar-refractivity contribution >= 4 is 23.9 Å². The fraction of sp³-hybridized carbons (Fsp3) is 0.875. The molecule has 9 heteroatoms. The van der Waals surface area contributed by atoms with E-state index in [1.165, 1.54) is 51.4 Å². The van der Waals surface area contributed by atoms with E-state index in [-0.39, 0.29) is 46.7 Å². The Balaban J connectivity index is -0.000000139. The Morgan fingerprint density at radius 3 is 0.585 bits per heavy atom. The first-order valence-corrected chi connectivity index (χ1v) is 15.9. The van der Waals surface area contributed by atoms with Crippen molar-refractivity contribution in [3.63, 3.8) is 0 Å². The number of rotatable bonds is 24. The summed E-state index contributed by atoms with van der Waals surface area (Å²) < 4.78 is 0. The van der Waals surface area contributed by atoms with Crippen LogP contribution in [0.2, 0.25) is 0 Å². The van der Waals surface area contributed by atoms with Gasteiger partial charge >= 0.3 is 21.1 Å². The Morgan fingerprint density at radius 2 is 0.463 bits per heavy atom. The van der Waals surface area contributed by atoms with Crippen molar-refractivity contribution < 1.29 is 60.7 Å². The Hall–Kier alpha value is -1.43. The molecule has 0 saturated heterocycles. The minimum atomic E-state index is -0.920. The number of hydrogen-bond acceptors (Lipinski definition) is 8. The molecule has 0 unspecified atom stereocenters. The van der Waals surface area contributed by atoms with Gasteiger partial charge in [0, 0.05) is 23.9 Å². The summed E-state index contributed by atoms with van der Waals surface area (Å²) in [6, 6.07) is 0. The van der Waals surface area contributed by atoms with Gasteiger partial charge in [0.2, 0.25) is 0 Å². The van der Waals surface area contributed by atoms with Crippen LogP contribution in [-0.2, 0) is 40.2 Å². The molecule has 0 spiro atoms. The smallest absolute Gasteiger partial charge is 0.550 e. The van der Waals surface area contributed by atoms with Crippen LogP contribution in [0.4, 0.5) is 0 Å². The molecule has 0 bridgehead atoms. The van der Waals surface area contributed by atoms with Crippen molar-refractivity contribution in [3.8, 4) is 0 Å². The van der Waals surface area contributed by atoms with Crippen LogP contribution in [0.15, 0.2) is 0 Å². The molecule has 0 aliphatic carbocycles. The molecule has 242 valence electrons. The van der Waals surface area contributed by atoms with Gasteiger partial charge in [-0.2, -0.15) is 0 Å². The number of aliphatic carboxylic acids is 4. The van der Waals surface area contributed by atoms with Crippen LogP contribution in [0.3, 0.4) is 0 Å². The van der Waals surface area contributed by atoms with Crippen LogP contribution < -0.4 is 20.4 Å². The minimum absolute atomic E-state index is 0. The van der Waals surface area contributed by atoms with Crippen LogP contribution in [0, 0.1) is 0 Å². The van der Waals surface area contributed by atoms with Crippen LogP contribution in [0.5, 0.6) is 0 Å². The molecular weight excluding hydrogens is 608 g/mol. The fourth-order valence-corrected chi connectivity index (χ4v) is 3.49. The van der Waals surface area contributed by atoms with E-state index in [1.807, 2.05) is 0 Å². The molecule has 0 aliphatic rings. The zero-order chi connectivity index (χ0) is 31.3. The summed E-state index contributed by atoms with van der Waals surface area (Å²) in [7, 11) is 0. The maximum atomic E-state index is 9.92. The zero-order valence-corrected chi connectivity index (χ0v) is 28.7. The number of unbranched alkanes of at least 4 members (excludes halogenated alkanes) is 16. The summed E-state index contributed by atoms with van der Waals surface area (Å²) >= 11 is 0. The third-order valence-corrected chi connectivity index (χ3v) is 5.94.